The maximum Gasteiger partial charge on any atom is 0.490 e. The van der Waals surface area contributed by atoms with E-state index in [0.29, 0.717) is 5.56 Å². The van der Waals surface area contributed by atoms with Gasteiger partial charge in [0.25, 0.3) is 10.1 Å². The Morgan fingerprint density at radius 2 is 1.71 bits per heavy atom. The number of halogens is 3. The molecule has 1 aromatic carbocycles. The molecule has 0 fully saturated rings. The first-order valence-electron chi connectivity index (χ1n) is 8.13. The highest BCUT2D eigenvalue weighted by Crippen LogP contribution is 2.17. The third-order valence-electron chi connectivity index (χ3n) is 3.48. The van der Waals surface area contributed by atoms with Crippen LogP contribution in [0.5, 0.6) is 5.75 Å². The summed E-state index contributed by atoms with van der Waals surface area (Å²) in [5.74, 6) is -3.23. The predicted molar refractivity (Wildman–Crippen MR) is 99.5 cm³/mol. The fourth-order valence-electron chi connectivity index (χ4n) is 1.85. The Hall–Kier alpha value is -3.39. The average Bonchev–Trinajstić information content (AvgIpc) is 3.09. The maximum atomic E-state index is 12.0. The minimum atomic E-state index is -5.08. The van der Waals surface area contributed by atoms with E-state index in [1.807, 2.05) is 0 Å². The molecule has 0 saturated carbocycles. The fourth-order valence-corrected chi connectivity index (χ4v) is 2.22. The molecule has 2 rings (SSSR count). The molecule has 5 N–H and O–H groups in total. The molecule has 0 aliphatic carbocycles. The van der Waals surface area contributed by atoms with Gasteiger partial charge < -0.3 is 20.0 Å². The predicted octanol–water partition coefficient (Wildman–Crippen LogP) is 2.23. The van der Waals surface area contributed by atoms with E-state index in [1.54, 1.807) is 0 Å². The van der Waals surface area contributed by atoms with Crippen LogP contribution in [0.15, 0.2) is 40.8 Å². The van der Waals surface area contributed by atoms with Crippen molar-refractivity contribution in [2.45, 2.75) is 24.8 Å². The van der Waals surface area contributed by atoms with Gasteiger partial charge in [-0.2, -0.15) is 21.6 Å². The summed E-state index contributed by atoms with van der Waals surface area (Å²) in [4.78, 5) is 20.9. The van der Waals surface area contributed by atoms with Crippen molar-refractivity contribution >= 4 is 27.9 Å². The molecule has 1 atom stereocenters. The van der Waals surface area contributed by atoms with Gasteiger partial charge in [-0.05, 0) is 43.3 Å². The van der Waals surface area contributed by atoms with Gasteiger partial charge in [0, 0.05) is 12.0 Å². The van der Waals surface area contributed by atoms with E-state index >= 15 is 0 Å². The molecule has 0 bridgehead atoms. The molecule has 1 aromatic heterocycles. The van der Waals surface area contributed by atoms with Gasteiger partial charge in [-0.3, -0.25) is 9.96 Å². The van der Waals surface area contributed by atoms with Gasteiger partial charge in [-0.1, -0.05) is 0 Å². The summed E-state index contributed by atoms with van der Waals surface area (Å²) in [5, 5.41) is 13.4. The van der Waals surface area contributed by atoms with Crippen molar-refractivity contribution in [3.63, 3.8) is 0 Å². The smallest absolute Gasteiger partial charge is 0.475 e. The molecular formula is C17H17F3N2O8S. The van der Waals surface area contributed by atoms with Gasteiger partial charge >= 0.3 is 18.1 Å². The Morgan fingerprint density at radius 3 is 2.13 bits per heavy atom. The molecule has 0 saturated heterocycles. The lowest BCUT2D eigenvalue weighted by Crippen LogP contribution is -2.21. The number of carboxylic acids is 1. The summed E-state index contributed by atoms with van der Waals surface area (Å²) in [5.41, 5.74) is 5.82. The van der Waals surface area contributed by atoms with E-state index in [0.717, 1.165) is 0 Å². The van der Waals surface area contributed by atoms with Crippen LogP contribution in [0.25, 0.3) is 0 Å². The Kier molecular flexibility index (Phi) is 8.34. The first kappa shape index (κ1) is 25.6. The van der Waals surface area contributed by atoms with Gasteiger partial charge in [0.15, 0.2) is 0 Å². The van der Waals surface area contributed by atoms with Crippen molar-refractivity contribution < 1.29 is 50.0 Å². The molecule has 1 heterocycles. The zero-order valence-electron chi connectivity index (χ0n) is 15.7. The van der Waals surface area contributed by atoms with Gasteiger partial charge in [-0.15, -0.1) is 0 Å². The second-order valence-electron chi connectivity index (χ2n) is 5.93. The van der Waals surface area contributed by atoms with Crippen LogP contribution < -0.4 is 10.5 Å². The highest BCUT2D eigenvalue weighted by molar-refractivity contribution is 7.86. The summed E-state index contributed by atoms with van der Waals surface area (Å²) in [6, 6.07) is 8.84. The maximum absolute atomic E-state index is 12.0. The quantitative estimate of drug-likeness (QED) is 0.163. The standard InChI is InChI=1S/C15H16N2O6S.C2HF3O2/c1-9(24(19,20)21)8-12-6-7-13(22-12)15(18)23-11-4-2-10(3-5-11)14(16)17;3-2(4,5)1(6)7/h2-7,9H,8H2,1H3,(H3,16,17)(H,19,20,21);(H,6,7). The summed E-state index contributed by atoms with van der Waals surface area (Å²) in [7, 11) is -4.18. The van der Waals surface area contributed by atoms with Crippen molar-refractivity contribution in [2.75, 3.05) is 0 Å². The molecule has 14 heteroatoms. The Balaban J connectivity index is 0.000000592. The Morgan fingerprint density at radius 1 is 1.19 bits per heavy atom. The normalized spacial score (nSPS) is 12.3. The fraction of sp³-hybridized carbons (Fsp3) is 0.235. The number of benzene rings is 1. The molecule has 170 valence electrons. The summed E-state index contributed by atoms with van der Waals surface area (Å²) in [6.45, 7) is 1.33. The van der Waals surface area contributed by atoms with E-state index in [9.17, 15) is 26.4 Å². The summed E-state index contributed by atoms with van der Waals surface area (Å²) < 4.78 is 73.0. The van der Waals surface area contributed by atoms with Crippen molar-refractivity contribution in [3.8, 4) is 5.75 Å². The number of hydrogen-bond donors (Lipinski definition) is 4. The second-order valence-corrected chi connectivity index (χ2v) is 7.76. The third kappa shape index (κ3) is 8.47. The SMILES string of the molecule is CC(Cc1ccc(C(=O)Oc2ccc(C(=N)N)cc2)o1)S(=O)(=O)O.O=C(O)C(F)(F)F. The Bertz CT molecular complexity index is 1050. The minimum absolute atomic E-state index is 0.0700. The van der Waals surface area contributed by atoms with Crippen molar-refractivity contribution in [3.05, 3.63) is 53.5 Å². The number of rotatable bonds is 6. The number of aliphatic carboxylic acids is 1. The number of esters is 1. The average molecular weight is 466 g/mol. The van der Waals surface area contributed by atoms with Crippen LogP contribution in [0.3, 0.4) is 0 Å². The topological polar surface area (TPSA) is 181 Å². The van der Waals surface area contributed by atoms with Gasteiger partial charge in [0.1, 0.15) is 17.3 Å². The highest BCUT2D eigenvalue weighted by atomic mass is 32.2. The molecule has 10 nitrogen and oxygen atoms in total. The number of ether oxygens (including phenoxy) is 1. The van der Waals surface area contributed by atoms with E-state index in [-0.39, 0.29) is 29.5 Å². The van der Waals surface area contributed by atoms with Crippen LogP contribution in [-0.4, -0.2) is 47.3 Å². The molecule has 0 spiro atoms. The number of nitrogens with one attached hydrogen (secondary N) is 1. The lowest BCUT2D eigenvalue weighted by Gasteiger charge is -2.05. The number of amidine groups is 1. The number of nitrogen functional groups attached to an aromatic ring is 1. The number of nitrogens with two attached hydrogens (primary N) is 1. The first-order chi connectivity index (χ1) is 14.1. The van der Waals surface area contributed by atoms with Crippen LogP contribution >= 0.6 is 0 Å². The molecule has 0 aliphatic rings. The van der Waals surface area contributed by atoms with Crippen molar-refractivity contribution in [2.24, 2.45) is 5.73 Å². The molecule has 0 amide bonds. The molecule has 2 aromatic rings. The summed E-state index contributed by atoms with van der Waals surface area (Å²) >= 11 is 0. The van der Waals surface area contributed by atoms with E-state index in [2.05, 4.69) is 0 Å². The van der Waals surface area contributed by atoms with Crippen molar-refractivity contribution in [1.82, 2.24) is 0 Å². The van der Waals surface area contributed by atoms with Crippen LogP contribution in [-0.2, 0) is 21.3 Å². The Labute approximate surface area is 173 Å². The van der Waals surface area contributed by atoms with Crippen molar-refractivity contribution in [1.29, 1.82) is 5.41 Å². The molecule has 31 heavy (non-hydrogen) atoms. The second kappa shape index (κ2) is 10.1. The highest BCUT2D eigenvalue weighted by Gasteiger charge is 2.38. The first-order valence-corrected chi connectivity index (χ1v) is 9.63. The molecular weight excluding hydrogens is 449 g/mol. The largest absolute Gasteiger partial charge is 0.490 e. The monoisotopic (exact) mass is 466 g/mol. The van der Waals surface area contributed by atoms with Gasteiger partial charge in [-0.25, -0.2) is 9.59 Å². The number of carbonyl (C=O) groups excluding carboxylic acids is 1. The van der Waals surface area contributed by atoms with E-state index in [1.165, 1.54) is 43.3 Å². The molecule has 1 unspecified atom stereocenters. The zero-order valence-corrected chi connectivity index (χ0v) is 16.5. The number of carboxylic acid groups (broad SMARTS) is 1. The molecule has 0 radical (unpaired) electrons. The van der Waals surface area contributed by atoms with E-state index < -0.39 is 33.5 Å². The third-order valence-corrected chi connectivity index (χ3v) is 4.66. The lowest BCUT2D eigenvalue weighted by molar-refractivity contribution is -0.192. The van der Waals surface area contributed by atoms with Crippen LogP contribution in [0.2, 0.25) is 0 Å². The minimum Gasteiger partial charge on any atom is -0.475 e. The lowest BCUT2D eigenvalue weighted by atomic mass is 10.2. The van der Waals surface area contributed by atoms with E-state index in [4.69, 9.17) is 34.8 Å². The summed E-state index contributed by atoms with van der Waals surface area (Å²) in [6.07, 6.45) is -5.15. The number of alkyl halides is 3. The van der Waals surface area contributed by atoms with Gasteiger partial charge in [0.2, 0.25) is 5.76 Å². The molecule has 0 aliphatic heterocycles. The number of hydrogen-bond acceptors (Lipinski definition) is 7. The van der Waals surface area contributed by atoms with Gasteiger partial charge in [0.05, 0.1) is 5.25 Å². The van der Waals surface area contributed by atoms with Crippen LogP contribution in [0.4, 0.5) is 13.2 Å². The number of furan rings is 1. The number of carbonyl (C=O) groups is 2. The van der Waals surface area contributed by atoms with Crippen LogP contribution in [0.1, 0.15) is 28.8 Å². The zero-order chi connectivity index (χ0) is 24.0. The van der Waals surface area contributed by atoms with Crippen LogP contribution in [0, 0.1) is 5.41 Å².